The molecule has 0 fully saturated rings. The first-order valence-electron chi connectivity index (χ1n) is 7.77. The molecule has 1 aromatic carbocycles. The van der Waals surface area contributed by atoms with Crippen LogP contribution in [0.1, 0.15) is 40.4 Å². The quantitative estimate of drug-likeness (QED) is 0.758. The Balaban J connectivity index is 1.97. The highest BCUT2D eigenvalue weighted by Crippen LogP contribution is 2.38. The van der Waals surface area contributed by atoms with Gasteiger partial charge in [-0.05, 0) is 43.5 Å². The summed E-state index contributed by atoms with van der Waals surface area (Å²) < 4.78 is 0. The van der Waals surface area contributed by atoms with Crippen molar-refractivity contribution in [3.8, 4) is 0 Å². The number of fused-ring (bicyclic) bond motifs is 1. The third-order valence-electron chi connectivity index (χ3n) is 4.10. The first kappa shape index (κ1) is 15.6. The van der Waals surface area contributed by atoms with E-state index >= 15 is 0 Å². The van der Waals surface area contributed by atoms with Crippen molar-refractivity contribution in [1.29, 1.82) is 0 Å². The second kappa shape index (κ2) is 6.47. The molecule has 1 unspecified atom stereocenters. The van der Waals surface area contributed by atoms with Crippen LogP contribution >= 0.6 is 23.1 Å². The Bertz CT molecular complexity index is 692. The summed E-state index contributed by atoms with van der Waals surface area (Å²) in [4.78, 5) is 18.3. The van der Waals surface area contributed by atoms with Crippen molar-refractivity contribution in [2.75, 3.05) is 11.4 Å². The van der Waals surface area contributed by atoms with Crippen LogP contribution in [0.15, 0.2) is 35.2 Å². The lowest BCUT2D eigenvalue weighted by atomic mass is 10.2. The first-order chi connectivity index (χ1) is 10.6. The molecule has 1 amide bonds. The number of carbonyl (C=O) groups excluding carboxylic acids is 1. The van der Waals surface area contributed by atoms with E-state index in [9.17, 15) is 4.79 Å². The summed E-state index contributed by atoms with van der Waals surface area (Å²) in [7, 11) is 0. The fourth-order valence-electron chi connectivity index (χ4n) is 2.81. The Labute approximate surface area is 140 Å². The van der Waals surface area contributed by atoms with Gasteiger partial charge in [0.25, 0.3) is 5.91 Å². The SMILES string of the molecule is CCc1cc(C(=O)N2CCC(C)Sc3ccccc32)sc1C. The van der Waals surface area contributed by atoms with Crippen molar-refractivity contribution in [2.24, 2.45) is 0 Å². The molecule has 1 aliphatic heterocycles. The van der Waals surface area contributed by atoms with E-state index in [-0.39, 0.29) is 5.91 Å². The number of rotatable bonds is 2. The van der Waals surface area contributed by atoms with Crippen molar-refractivity contribution in [3.05, 3.63) is 45.6 Å². The lowest BCUT2D eigenvalue weighted by Crippen LogP contribution is -2.31. The van der Waals surface area contributed by atoms with Gasteiger partial charge in [-0.25, -0.2) is 0 Å². The molecule has 0 saturated carbocycles. The predicted molar refractivity (Wildman–Crippen MR) is 96.5 cm³/mol. The van der Waals surface area contributed by atoms with E-state index < -0.39 is 0 Å². The fourth-order valence-corrected chi connectivity index (χ4v) is 4.98. The zero-order valence-electron chi connectivity index (χ0n) is 13.3. The molecule has 2 nitrogen and oxygen atoms in total. The number of hydrogen-bond donors (Lipinski definition) is 0. The molecule has 1 aliphatic rings. The van der Waals surface area contributed by atoms with Crippen LogP contribution in [0.2, 0.25) is 0 Å². The lowest BCUT2D eigenvalue weighted by Gasteiger charge is -2.21. The van der Waals surface area contributed by atoms with Gasteiger partial charge in [0.15, 0.2) is 0 Å². The normalized spacial score (nSPS) is 18.0. The number of benzene rings is 1. The van der Waals surface area contributed by atoms with E-state index in [1.165, 1.54) is 15.3 Å². The molecule has 0 N–H and O–H groups in total. The number of thioether (sulfide) groups is 1. The highest BCUT2D eigenvalue weighted by atomic mass is 32.2. The number of anilines is 1. The van der Waals surface area contributed by atoms with E-state index in [0.29, 0.717) is 5.25 Å². The molecular formula is C18H21NOS2. The van der Waals surface area contributed by atoms with Gasteiger partial charge in [0.05, 0.1) is 10.6 Å². The van der Waals surface area contributed by atoms with E-state index in [4.69, 9.17) is 0 Å². The van der Waals surface area contributed by atoms with Gasteiger partial charge in [0.2, 0.25) is 0 Å². The zero-order valence-corrected chi connectivity index (χ0v) is 14.9. The predicted octanol–water partition coefficient (Wildman–Crippen LogP) is 5.15. The zero-order chi connectivity index (χ0) is 15.7. The van der Waals surface area contributed by atoms with Crippen LogP contribution < -0.4 is 4.90 Å². The Kier molecular flexibility index (Phi) is 4.59. The van der Waals surface area contributed by atoms with Gasteiger partial charge in [0, 0.05) is 21.6 Å². The molecule has 22 heavy (non-hydrogen) atoms. The summed E-state index contributed by atoms with van der Waals surface area (Å²) in [6.45, 7) is 7.28. The van der Waals surface area contributed by atoms with Gasteiger partial charge in [-0.3, -0.25) is 4.79 Å². The van der Waals surface area contributed by atoms with Crippen LogP contribution in [-0.2, 0) is 6.42 Å². The molecule has 2 aromatic rings. The molecule has 4 heteroatoms. The van der Waals surface area contributed by atoms with Crippen LogP contribution in [0.3, 0.4) is 0 Å². The number of para-hydroxylation sites is 1. The lowest BCUT2D eigenvalue weighted by molar-refractivity contribution is 0.0990. The molecule has 1 aromatic heterocycles. The average Bonchev–Trinajstić information content (AvgIpc) is 2.80. The first-order valence-corrected chi connectivity index (χ1v) is 9.46. The number of hydrogen-bond acceptors (Lipinski definition) is 3. The molecule has 0 radical (unpaired) electrons. The smallest absolute Gasteiger partial charge is 0.268 e. The number of nitrogens with zero attached hydrogens (tertiary/aromatic N) is 1. The highest BCUT2D eigenvalue weighted by Gasteiger charge is 2.26. The van der Waals surface area contributed by atoms with Gasteiger partial charge in [-0.15, -0.1) is 23.1 Å². The summed E-state index contributed by atoms with van der Waals surface area (Å²) in [5.74, 6) is 0.148. The Hall–Kier alpha value is -1.26. The molecule has 3 rings (SSSR count). The van der Waals surface area contributed by atoms with Crippen molar-refractivity contribution < 1.29 is 4.79 Å². The number of amides is 1. The molecule has 0 spiro atoms. The van der Waals surface area contributed by atoms with Crippen molar-refractivity contribution in [1.82, 2.24) is 0 Å². The average molecular weight is 332 g/mol. The largest absolute Gasteiger partial charge is 0.306 e. The summed E-state index contributed by atoms with van der Waals surface area (Å²) in [5, 5.41) is 0.537. The van der Waals surface area contributed by atoms with Crippen LogP contribution in [0.4, 0.5) is 5.69 Å². The molecule has 0 aliphatic carbocycles. The van der Waals surface area contributed by atoms with Crippen LogP contribution in [0, 0.1) is 6.92 Å². The third kappa shape index (κ3) is 2.95. The van der Waals surface area contributed by atoms with Crippen molar-refractivity contribution >= 4 is 34.7 Å². The van der Waals surface area contributed by atoms with E-state index in [1.807, 2.05) is 22.7 Å². The van der Waals surface area contributed by atoms with Crippen LogP contribution in [-0.4, -0.2) is 17.7 Å². The standard InChI is InChI=1S/C18H21NOS2/c1-4-14-11-17(22-13(14)3)18(20)19-10-9-12(2)21-16-8-6-5-7-15(16)19/h5-8,11-12H,4,9-10H2,1-3H3. The maximum Gasteiger partial charge on any atom is 0.268 e. The number of aryl methyl sites for hydroxylation is 2. The topological polar surface area (TPSA) is 20.3 Å². The van der Waals surface area contributed by atoms with E-state index in [0.717, 1.165) is 30.0 Å². The number of carbonyl (C=O) groups is 1. The van der Waals surface area contributed by atoms with E-state index in [1.54, 1.807) is 11.3 Å². The van der Waals surface area contributed by atoms with Crippen molar-refractivity contribution in [2.45, 2.75) is 43.8 Å². The van der Waals surface area contributed by atoms with Gasteiger partial charge in [-0.1, -0.05) is 26.0 Å². The van der Waals surface area contributed by atoms with Crippen LogP contribution in [0.25, 0.3) is 0 Å². The molecule has 1 atom stereocenters. The second-order valence-electron chi connectivity index (χ2n) is 5.69. The third-order valence-corrected chi connectivity index (χ3v) is 6.42. The van der Waals surface area contributed by atoms with Gasteiger partial charge in [0.1, 0.15) is 0 Å². The van der Waals surface area contributed by atoms with Gasteiger partial charge >= 0.3 is 0 Å². The van der Waals surface area contributed by atoms with Gasteiger partial charge in [-0.2, -0.15) is 0 Å². The Morgan fingerprint density at radius 1 is 1.36 bits per heavy atom. The Morgan fingerprint density at radius 3 is 2.86 bits per heavy atom. The highest BCUT2D eigenvalue weighted by molar-refractivity contribution is 8.00. The van der Waals surface area contributed by atoms with Crippen LogP contribution in [0.5, 0.6) is 0 Å². The minimum Gasteiger partial charge on any atom is -0.306 e. The van der Waals surface area contributed by atoms with Crippen molar-refractivity contribution in [3.63, 3.8) is 0 Å². The molecule has 0 saturated heterocycles. The van der Waals surface area contributed by atoms with E-state index in [2.05, 4.69) is 45.0 Å². The molecule has 2 heterocycles. The molecular weight excluding hydrogens is 310 g/mol. The fraction of sp³-hybridized carbons (Fsp3) is 0.389. The maximum atomic E-state index is 13.0. The minimum atomic E-state index is 0.148. The summed E-state index contributed by atoms with van der Waals surface area (Å²) in [6, 6.07) is 10.3. The monoisotopic (exact) mass is 331 g/mol. The summed E-state index contributed by atoms with van der Waals surface area (Å²) in [5.41, 5.74) is 2.35. The maximum absolute atomic E-state index is 13.0. The minimum absolute atomic E-state index is 0.148. The molecule has 116 valence electrons. The van der Waals surface area contributed by atoms with Gasteiger partial charge < -0.3 is 4.90 Å². The Morgan fingerprint density at radius 2 is 2.14 bits per heavy atom. The summed E-state index contributed by atoms with van der Waals surface area (Å²) >= 11 is 3.50. The number of thiophene rings is 1. The molecule has 0 bridgehead atoms. The second-order valence-corrected chi connectivity index (χ2v) is 8.42. The summed E-state index contributed by atoms with van der Waals surface area (Å²) in [6.07, 6.45) is 2.01.